The first kappa shape index (κ1) is 20.1. The predicted octanol–water partition coefficient (Wildman–Crippen LogP) is -6.31. The summed E-state index contributed by atoms with van der Waals surface area (Å²) in [5.74, 6) is 0. The van der Waals surface area contributed by atoms with Crippen molar-refractivity contribution < 1.29 is 117 Å². The Morgan fingerprint density at radius 1 is 1.00 bits per heavy atom. The van der Waals surface area contributed by atoms with Crippen molar-refractivity contribution in [3.05, 3.63) is 27.1 Å². The fourth-order valence-corrected chi connectivity index (χ4v) is 2.77. The molecule has 14 heavy (non-hydrogen) atoms. The molecule has 0 fully saturated rings. The molecule has 3 nitrogen and oxygen atoms in total. The molecule has 1 rings (SSSR count). The minimum Gasteiger partial charge on any atom is -0.683 e. The molecule has 8 heteroatoms. The maximum Gasteiger partial charge on any atom is 1.00 e. The van der Waals surface area contributed by atoms with Gasteiger partial charge in [-0.25, -0.2) is 0 Å². The maximum atomic E-state index is 10.6. The van der Waals surface area contributed by atoms with Crippen molar-refractivity contribution >= 4 is 45.1 Å². The van der Waals surface area contributed by atoms with Gasteiger partial charge in [0.1, 0.15) is 0 Å². The molecule has 0 amide bonds. The smallest absolute Gasteiger partial charge is 0.683 e. The summed E-state index contributed by atoms with van der Waals surface area (Å²) in [6.07, 6.45) is 0. The molecule has 0 saturated heterocycles. The largest absolute Gasteiger partial charge is 1.00 e. The van der Waals surface area contributed by atoms with Crippen LogP contribution in [0.3, 0.4) is 0 Å². The van der Waals surface area contributed by atoms with E-state index in [4.69, 9.17) is 0 Å². The second-order valence-corrected chi connectivity index (χ2v) is 5.34. The van der Waals surface area contributed by atoms with Crippen LogP contribution in [-0.2, 0) is 0 Å². The average molecular weight is 392 g/mol. The summed E-state index contributed by atoms with van der Waals surface area (Å²) in [5, 5.41) is -0.225. The summed E-state index contributed by atoms with van der Waals surface area (Å²) in [6, 6.07) is 4.41. The van der Waals surface area contributed by atoms with Crippen molar-refractivity contribution in [3.63, 3.8) is 0 Å². The van der Waals surface area contributed by atoms with Crippen LogP contribution in [0.5, 0.6) is 0 Å². The van der Waals surface area contributed by atoms with Crippen LogP contribution in [-0.4, -0.2) is 0 Å². The van der Waals surface area contributed by atoms with Crippen LogP contribution in [0.25, 0.3) is 0 Å². The summed E-state index contributed by atoms with van der Waals surface area (Å²) in [4.78, 5) is 31.9. The van der Waals surface area contributed by atoms with Gasteiger partial charge in [0.05, 0.1) is 9.78 Å². The molecule has 0 saturated carbocycles. The van der Waals surface area contributed by atoms with Gasteiger partial charge in [-0.3, -0.25) is 0 Å². The molecule has 1 aromatic carbocycles. The molecule has 1 aromatic rings. The minimum absolute atomic E-state index is 0. The summed E-state index contributed by atoms with van der Waals surface area (Å²) in [5.41, 5.74) is 0. The molecule has 0 N–H and O–H groups in total. The monoisotopic (exact) mass is 390 g/mol. The molecule has 0 radical (unpaired) electrons. The van der Waals surface area contributed by atoms with Crippen molar-refractivity contribution in [3.8, 4) is 0 Å². The van der Waals surface area contributed by atoms with Gasteiger partial charge < -0.3 is 14.7 Å². The molecule has 66 valence electrons. The molecule has 0 aliphatic carbocycles. The first-order chi connectivity index (χ1) is 5.41. The van der Waals surface area contributed by atoms with E-state index >= 15 is 0 Å². The van der Waals surface area contributed by atoms with Crippen molar-refractivity contribution in [1.82, 2.24) is 0 Å². The van der Waals surface area contributed by atoms with Gasteiger partial charge in [0.15, 0.2) is 0 Å². The standard InChI is InChI=1S/C6H5Br2O3P.2K/c7-4-1-2-5(8)6(3-4)12(9,10)11;;/h1-3H,(H2,9,10,11);;/q;2*+1/p-2. The molecule has 0 aliphatic rings. The van der Waals surface area contributed by atoms with Crippen molar-refractivity contribution in [2.75, 3.05) is 0 Å². The third-order valence-electron chi connectivity index (χ3n) is 1.20. The van der Waals surface area contributed by atoms with E-state index < -0.39 is 7.94 Å². The molecule has 0 bridgehead atoms. The maximum absolute atomic E-state index is 10.6. The van der Waals surface area contributed by atoms with Crippen LogP contribution in [0.2, 0.25) is 0 Å². The third kappa shape index (κ3) is 6.63. The van der Waals surface area contributed by atoms with Crippen molar-refractivity contribution in [2.24, 2.45) is 0 Å². The molecule has 0 spiro atoms. The predicted molar refractivity (Wildman–Crippen MR) is 48.4 cm³/mol. The Labute approximate surface area is 185 Å². The average Bonchev–Trinajstić information content (AvgIpc) is 1.92. The Hall–Kier alpha value is 3.76. The van der Waals surface area contributed by atoms with Gasteiger partial charge in [-0.2, -0.15) is 0 Å². The molecule has 0 aliphatic heterocycles. The van der Waals surface area contributed by atoms with E-state index in [0.717, 1.165) is 0 Å². The summed E-state index contributed by atoms with van der Waals surface area (Å²) in [6.45, 7) is 0. The molecular formula is C6H3Br2K2O3P. The molecule has 0 atom stereocenters. The van der Waals surface area contributed by atoms with E-state index in [2.05, 4.69) is 31.9 Å². The van der Waals surface area contributed by atoms with Gasteiger partial charge in [0, 0.05) is 4.47 Å². The molecule has 0 unspecified atom stereocenters. The van der Waals surface area contributed by atoms with Crippen molar-refractivity contribution in [2.45, 2.75) is 0 Å². The van der Waals surface area contributed by atoms with E-state index in [9.17, 15) is 14.7 Å². The number of hydrogen-bond acceptors (Lipinski definition) is 3. The van der Waals surface area contributed by atoms with E-state index in [1.807, 2.05) is 0 Å². The molecule has 0 aromatic heterocycles. The van der Waals surface area contributed by atoms with E-state index in [-0.39, 0.29) is 108 Å². The topological polar surface area (TPSA) is 69.2 Å². The number of halogens is 2. The zero-order valence-electron chi connectivity index (χ0n) is 7.66. The van der Waals surface area contributed by atoms with Crippen LogP contribution < -0.4 is 123 Å². The Bertz CT molecular complexity index is 306. The first-order valence-electron chi connectivity index (χ1n) is 2.89. The third-order valence-corrected chi connectivity index (χ3v) is 3.65. The molecule has 0 heterocycles. The van der Waals surface area contributed by atoms with Crippen LogP contribution in [0.1, 0.15) is 0 Å². The number of benzene rings is 1. The van der Waals surface area contributed by atoms with Crippen molar-refractivity contribution in [1.29, 1.82) is 0 Å². The van der Waals surface area contributed by atoms with Gasteiger partial charge in [-0.05, 0) is 34.1 Å². The Morgan fingerprint density at radius 3 is 1.86 bits per heavy atom. The van der Waals surface area contributed by atoms with Crippen LogP contribution >= 0.6 is 39.8 Å². The van der Waals surface area contributed by atoms with Gasteiger partial charge in [0.2, 0.25) is 0 Å². The van der Waals surface area contributed by atoms with Gasteiger partial charge in [-0.1, -0.05) is 15.9 Å². The van der Waals surface area contributed by atoms with Crippen LogP contribution in [0, 0.1) is 0 Å². The van der Waals surface area contributed by atoms with Crippen LogP contribution in [0.15, 0.2) is 27.1 Å². The normalized spacial score (nSPS) is 10.1. The van der Waals surface area contributed by atoms with E-state index in [1.165, 1.54) is 12.1 Å². The van der Waals surface area contributed by atoms with Gasteiger partial charge in [0.25, 0.3) is 0 Å². The second kappa shape index (κ2) is 8.79. The number of hydrogen-bond donors (Lipinski definition) is 0. The quantitative estimate of drug-likeness (QED) is 0.353. The zero-order valence-corrected chi connectivity index (χ0v) is 18.0. The summed E-state index contributed by atoms with van der Waals surface area (Å²) in [7, 11) is -4.66. The summed E-state index contributed by atoms with van der Waals surface area (Å²) < 4.78 is 0.853. The minimum atomic E-state index is -4.66. The molecular weight excluding hydrogens is 389 g/mol. The number of rotatable bonds is 1. The summed E-state index contributed by atoms with van der Waals surface area (Å²) >= 11 is 6.04. The Morgan fingerprint density at radius 2 is 1.50 bits per heavy atom. The Kier molecular flexibility index (Phi) is 12.6. The fourth-order valence-electron chi connectivity index (χ4n) is 0.696. The van der Waals surface area contributed by atoms with Gasteiger partial charge >= 0.3 is 103 Å². The zero-order chi connectivity index (χ0) is 9.35. The van der Waals surface area contributed by atoms with E-state index in [1.54, 1.807) is 6.07 Å². The SMILES string of the molecule is [K+].[K+].[O-][P+]([O-])([O-])c1cc(Br)ccc1Br. The van der Waals surface area contributed by atoms with Gasteiger partial charge in [-0.15, -0.1) is 7.94 Å². The Balaban J connectivity index is 0. The second-order valence-electron chi connectivity index (χ2n) is 2.09. The first-order valence-corrected chi connectivity index (χ1v) is 6.02. The van der Waals surface area contributed by atoms with Crippen LogP contribution in [0.4, 0.5) is 0 Å². The fraction of sp³-hybridized carbons (Fsp3) is 0. The van der Waals surface area contributed by atoms with E-state index in [0.29, 0.717) is 8.95 Å².